The van der Waals surface area contributed by atoms with Crippen LogP contribution < -0.4 is 0 Å². The lowest BCUT2D eigenvalue weighted by Gasteiger charge is -2.05. The quantitative estimate of drug-likeness (QED) is 0.878. The number of nitrogens with one attached hydrogen (secondary N) is 1. The molecule has 0 aliphatic heterocycles. The van der Waals surface area contributed by atoms with E-state index in [-0.39, 0.29) is 0 Å². The lowest BCUT2D eigenvalue weighted by Crippen LogP contribution is -1.97. The number of halogens is 1. The van der Waals surface area contributed by atoms with Gasteiger partial charge in [-0.05, 0) is 18.2 Å². The van der Waals surface area contributed by atoms with Gasteiger partial charge in [0.2, 0.25) is 0 Å². The molecule has 0 saturated carbocycles. The van der Waals surface area contributed by atoms with Gasteiger partial charge in [0, 0.05) is 22.8 Å². The molecule has 2 aromatic rings. The molecule has 0 saturated heterocycles. The van der Waals surface area contributed by atoms with Crippen molar-refractivity contribution in [3.63, 3.8) is 0 Å². The smallest absolute Gasteiger partial charge is 0.139 e. The third-order valence-corrected chi connectivity index (χ3v) is 2.95. The maximum Gasteiger partial charge on any atom is 0.139 e. The van der Waals surface area contributed by atoms with E-state index in [2.05, 4.69) is 25.9 Å². The Bertz CT molecular complexity index is 565. The van der Waals surface area contributed by atoms with Gasteiger partial charge in [0.05, 0.1) is 6.61 Å². The Hall–Kier alpha value is -1.04. The summed E-state index contributed by atoms with van der Waals surface area (Å²) in [7, 11) is 1.65. The first-order valence-corrected chi connectivity index (χ1v) is 6.24. The van der Waals surface area contributed by atoms with Crippen molar-refractivity contribution in [2.45, 2.75) is 6.61 Å². The van der Waals surface area contributed by atoms with Gasteiger partial charge in [0.15, 0.2) is 0 Å². The molecule has 0 aliphatic rings. The average molecular weight is 311 g/mol. The minimum absolute atomic E-state index is 0.496. The predicted octanol–water partition coefficient (Wildman–Crippen LogP) is 3.72. The minimum atomic E-state index is 0.496. The fourth-order valence-electron chi connectivity index (χ4n) is 1.49. The van der Waals surface area contributed by atoms with Crippen molar-refractivity contribution in [2.24, 2.45) is 0 Å². The van der Waals surface area contributed by atoms with E-state index in [1.54, 1.807) is 13.2 Å². The van der Waals surface area contributed by atoms with Crippen molar-refractivity contribution in [1.29, 1.82) is 0 Å². The molecule has 0 aliphatic carbocycles. The summed E-state index contributed by atoms with van der Waals surface area (Å²) in [6.45, 7) is 0.496. The highest BCUT2D eigenvalue weighted by atomic mass is 79.9. The monoisotopic (exact) mass is 310 g/mol. The van der Waals surface area contributed by atoms with E-state index in [0.717, 1.165) is 21.6 Å². The molecule has 0 atom stereocenters. The summed E-state index contributed by atoms with van der Waals surface area (Å²) in [5.74, 6) is 0.761. The number of methoxy groups -OCH3 is 1. The van der Waals surface area contributed by atoms with E-state index in [1.807, 2.05) is 24.3 Å². The molecule has 0 spiro atoms. The number of benzene rings is 1. The van der Waals surface area contributed by atoms with Gasteiger partial charge in [-0.3, -0.25) is 0 Å². The molecule has 3 nitrogen and oxygen atoms in total. The van der Waals surface area contributed by atoms with Gasteiger partial charge >= 0.3 is 0 Å². The van der Waals surface area contributed by atoms with Crippen molar-refractivity contribution in [2.75, 3.05) is 7.11 Å². The second-order valence-corrected chi connectivity index (χ2v) is 4.87. The summed E-state index contributed by atoms with van der Waals surface area (Å²) in [6.07, 6.45) is 0. The summed E-state index contributed by atoms with van der Waals surface area (Å²) in [5, 5.41) is 0. The number of nitrogens with zero attached hydrogens (tertiary/aromatic N) is 1. The van der Waals surface area contributed by atoms with E-state index in [0.29, 0.717) is 11.2 Å². The van der Waals surface area contributed by atoms with Gasteiger partial charge < -0.3 is 9.72 Å². The predicted molar refractivity (Wildman–Crippen MR) is 73.3 cm³/mol. The van der Waals surface area contributed by atoms with Crippen LogP contribution in [0.25, 0.3) is 11.4 Å². The topological polar surface area (TPSA) is 37.9 Å². The van der Waals surface area contributed by atoms with Crippen LogP contribution in [0.2, 0.25) is 0 Å². The second-order valence-electron chi connectivity index (χ2n) is 3.53. The van der Waals surface area contributed by atoms with Crippen molar-refractivity contribution in [3.8, 4) is 11.4 Å². The van der Waals surface area contributed by atoms with Crippen molar-refractivity contribution in [1.82, 2.24) is 9.97 Å². The molecule has 17 heavy (non-hydrogen) atoms. The number of ether oxygens (including phenoxy) is 1. The van der Waals surface area contributed by atoms with Crippen LogP contribution in [-0.4, -0.2) is 17.1 Å². The zero-order chi connectivity index (χ0) is 12.3. The molecule has 5 heteroatoms. The molecular formula is C12H11BrN2OS. The zero-order valence-electron chi connectivity index (χ0n) is 9.24. The Morgan fingerprint density at radius 3 is 2.71 bits per heavy atom. The first-order chi connectivity index (χ1) is 8.19. The molecule has 2 rings (SSSR count). The number of hydrogen-bond acceptors (Lipinski definition) is 3. The molecule has 1 heterocycles. The maximum atomic E-state index is 5.13. The highest BCUT2D eigenvalue weighted by Gasteiger charge is 2.02. The number of aromatic amines is 1. The number of H-pyrrole nitrogens is 1. The van der Waals surface area contributed by atoms with Crippen molar-refractivity contribution >= 4 is 28.1 Å². The standard InChI is InChI=1S/C12H11BrN2OS/c1-16-7-10-6-11(17)15-12(14-10)8-2-4-9(13)5-3-8/h2-6H,7H2,1H3,(H,14,15,17). The van der Waals surface area contributed by atoms with Crippen LogP contribution in [0.5, 0.6) is 0 Å². The van der Waals surface area contributed by atoms with Crippen LogP contribution in [0.3, 0.4) is 0 Å². The van der Waals surface area contributed by atoms with Crippen LogP contribution in [0.1, 0.15) is 5.69 Å². The highest BCUT2D eigenvalue weighted by molar-refractivity contribution is 9.10. The Balaban J connectivity index is 2.44. The largest absolute Gasteiger partial charge is 0.378 e. The number of hydrogen-bond donors (Lipinski definition) is 1. The fraction of sp³-hybridized carbons (Fsp3) is 0.167. The molecule has 1 N–H and O–H groups in total. The summed E-state index contributed by atoms with van der Waals surface area (Å²) in [6, 6.07) is 9.71. The van der Waals surface area contributed by atoms with Gasteiger partial charge in [-0.15, -0.1) is 0 Å². The van der Waals surface area contributed by atoms with Gasteiger partial charge in [0.1, 0.15) is 10.5 Å². The maximum absolute atomic E-state index is 5.13. The van der Waals surface area contributed by atoms with Gasteiger partial charge in [-0.1, -0.05) is 40.3 Å². The SMILES string of the molecule is COCc1cc(=S)nc(-c2ccc(Br)cc2)[nH]1. The Kier molecular flexibility index (Phi) is 4.04. The van der Waals surface area contributed by atoms with Crippen LogP contribution in [0, 0.1) is 4.64 Å². The Labute approximate surface area is 113 Å². The molecular weight excluding hydrogens is 300 g/mol. The molecule has 0 bridgehead atoms. The van der Waals surface area contributed by atoms with Crippen molar-refractivity contribution < 1.29 is 4.74 Å². The van der Waals surface area contributed by atoms with E-state index < -0.39 is 0 Å². The fourth-order valence-corrected chi connectivity index (χ4v) is 1.98. The van der Waals surface area contributed by atoms with Crippen LogP contribution in [0.4, 0.5) is 0 Å². The van der Waals surface area contributed by atoms with Crippen LogP contribution in [0.15, 0.2) is 34.8 Å². The molecule has 1 aromatic carbocycles. The van der Waals surface area contributed by atoms with Crippen LogP contribution in [-0.2, 0) is 11.3 Å². The average Bonchev–Trinajstić information content (AvgIpc) is 2.29. The van der Waals surface area contributed by atoms with E-state index >= 15 is 0 Å². The van der Waals surface area contributed by atoms with E-state index in [9.17, 15) is 0 Å². The highest BCUT2D eigenvalue weighted by Crippen LogP contribution is 2.18. The Morgan fingerprint density at radius 1 is 1.35 bits per heavy atom. The summed E-state index contributed by atoms with van der Waals surface area (Å²) < 4.78 is 6.68. The lowest BCUT2D eigenvalue weighted by atomic mass is 10.2. The van der Waals surface area contributed by atoms with E-state index in [4.69, 9.17) is 17.0 Å². The first kappa shape index (κ1) is 12.4. The first-order valence-electron chi connectivity index (χ1n) is 5.04. The molecule has 1 aromatic heterocycles. The van der Waals surface area contributed by atoms with Crippen LogP contribution >= 0.6 is 28.1 Å². The Morgan fingerprint density at radius 2 is 2.06 bits per heavy atom. The number of aromatic nitrogens is 2. The normalized spacial score (nSPS) is 10.5. The van der Waals surface area contributed by atoms with Gasteiger partial charge in [-0.25, -0.2) is 4.98 Å². The summed E-state index contributed by atoms with van der Waals surface area (Å²) in [4.78, 5) is 7.51. The third-order valence-electron chi connectivity index (χ3n) is 2.22. The van der Waals surface area contributed by atoms with Gasteiger partial charge in [0.25, 0.3) is 0 Å². The second kappa shape index (κ2) is 5.53. The van der Waals surface area contributed by atoms with Crippen molar-refractivity contribution in [3.05, 3.63) is 45.1 Å². The molecule has 0 amide bonds. The van der Waals surface area contributed by atoms with E-state index in [1.165, 1.54) is 0 Å². The molecule has 88 valence electrons. The lowest BCUT2D eigenvalue weighted by molar-refractivity contribution is 0.181. The zero-order valence-corrected chi connectivity index (χ0v) is 11.6. The van der Waals surface area contributed by atoms with Gasteiger partial charge in [-0.2, -0.15) is 0 Å². The molecule has 0 fully saturated rings. The minimum Gasteiger partial charge on any atom is -0.378 e. The third kappa shape index (κ3) is 3.21. The number of rotatable bonds is 3. The molecule has 0 radical (unpaired) electrons. The molecule has 0 unspecified atom stereocenters. The summed E-state index contributed by atoms with van der Waals surface area (Å²) >= 11 is 8.53. The summed E-state index contributed by atoms with van der Waals surface area (Å²) in [5.41, 5.74) is 1.92.